The number of nitrogens with two attached hydrogens (primary N) is 1. The zero-order valence-electron chi connectivity index (χ0n) is 31.4. The van der Waals surface area contributed by atoms with E-state index in [2.05, 4.69) is 45.9 Å². The molecule has 2 aromatic heterocycles. The van der Waals surface area contributed by atoms with Gasteiger partial charge in [-0.25, -0.2) is 16.8 Å². The van der Waals surface area contributed by atoms with Crippen LogP contribution in [0, 0.1) is 0 Å². The van der Waals surface area contributed by atoms with E-state index in [0.717, 1.165) is 17.8 Å². The summed E-state index contributed by atoms with van der Waals surface area (Å²) in [5.41, 5.74) is 6.77. The molecule has 0 saturated carbocycles. The zero-order chi connectivity index (χ0) is 39.3. The molecule has 20 nitrogen and oxygen atoms in total. The fraction of sp³-hybridized carbons (Fsp3) is 0.235. The number of aromatic nitrogens is 6. The van der Waals surface area contributed by atoms with Crippen molar-refractivity contribution < 1.29 is 94.5 Å². The minimum absolute atomic E-state index is 0. The number of nitrogen functional groups attached to an aromatic ring is 1. The topological polar surface area (TPSA) is 279 Å². The molecule has 5 N–H and O–H groups in total. The van der Waals surface area contributed by atoms with Gasteiger partial charge in [0.2, 0.25) is 35.7 Å². The number of hydrogen-bond acceptors (Lipinski definition) is 20. The van der Waals surface area contributed by atoms with Crippen LogP contribution < -0.4 is 90.6 Å². The molecule has 0 radical (unpaired) electrons. The smallest absolute Gasteiger partial charge is 0.744 e. The predicted molar refractivity (Wildman–Crippen MR) is 204 cm³/mol. The van der Waals surface area contributed by atoms with Crippen LogP contribution in [0.1, 0.15) is 11.1 Å². The Morgan fingerprint density at radius 1 is 0.569 bits per heavy atom. The van der Waals surface area contributed by atoms with Gasteiger partial charge in [-0.15, -0.1) is 0 Å². The zero-order valence-corrected chi connectivity index (χ0v) is 37.0. The van der Waals surface area contributed by atoms with Crippen LogP contribution in [-0.2, 0) is 29.7 Å². The molecule has 2 fully saturated rings. The number of nitrogens with zero attached hydrogens (tertiary/aromatic N) is 8. The summed E-state index contributed by atoms with van der Waals surface area (Å²) in [6.45, 7) is 4.03. The number of benzene rings is 3. The van der Waals surface area contributed by atoms with E-state index >= 15 is 0 Å². The molecule has 292 valence electrons. The van der Waals surface area contributed by atoms with Crippen LogP contribution in [0.25, 0.3) is 12.2 Å². The van der Waals surface area contributed by atoms with E-state index in [1.54, 1.807) is 0 Å². The van der Waals surface area contributed by atoms with Crippen molar-refractivity contribution in [1.82, 2.24) is 29.9 Å². The van der Waals surface area contributed by atoms with Crippen LogP contribution in [0.2, 0.25) is 0 Å². The summed E-state index contributed by atoms with van der Waals surface area (Å²) in [6, 6.07) is 17.0. The van der Waals surface area contributed by atoms with E-state index in [0.29, 0.717) is 64.5 Å². The monoisotopic (exact) mass is 848 g/mol. The van der Waals surface area contributed by atoms with Gasteiger partial charge >= 0.3 is 59.1 Å². The first kappa shape index (κ1) is 45.1. The summed E-state index contributed by atoms with van der Waals surface area (Å²) in [6.07, 6.45) is 2.43. The number of rotatable bonds is 12. The van der Waals surface area contributed by atoms with Crippen molar-refractivity contribution in [1.29, 1.82) is 0 Å². The molecule has 2 aliphatic rings. The van der Waals surface area contributed by atoms with Crippen molar-refractivity contribution in [2.75, 3.05) is 84.1 Å². The van der Waals surface area contributed by atoms with Crippen LogP contribution in [0.5, 0.6) is 0 Å². The second-order valence-electron chi connectivity index (χ2n) is 12.3. The first-order valence-corrected chi connectivity index (χ1v) is 19.9. The molecule has 0 aliphatic carbocycles. The summed E-state index contributed by atoms with van der Waals surface area (Å²) >= 11 is 0. The molecule has 5 aromatic rings. The van der Waals surface area contributed by atoms with Gasteiger partial charge in [-0.1, -0.05) is 42.5 Å². The van der Waals surface area contributed by atoms with Gasteiger partial charge in [-0.2, -0.15) is 29.9 Å². The number of nitrogens with one attached hydrogen (secondary N) is 3. The minimum atomic E-state index is -5.08. The van der Waals surface area contributed by atoms with Crippen LogP contribution in [-0.4, -0.2) is 108 Å². The molecular formula is C34H34N12Na2O8S2. The molecule has 2 aliphatic heterocycles. The number of hydrogen-bond donors (Lipinski definition) is 4. The first-order valence-electron chi connectivity index (χ1n) is 17.0. The summed E-state index contributed by atoms with van der Waals surface area (Å²) in [5.74, 6) is 0.845. The first-order chi connectivity index (χ1) is 26.9. The number of para-hydroxylation sites is 1. The largest absolute Gasteiger partial charge is 1.00 e. The van der Waals surface area contributed by atoms with Crippen LogP contribution in [0.3, 0.4) is 0 Å². The SMILES string of the molecule is Nc1nc(Nc2ccc(/C=C/c3ccc(Nc4nc(Nc5ccccc5)nc(N5CCOCC5)n4)cc3S(=O)(=O)[O-])c(S(=O)(=O)[O-])c2)nc(N2CCOCC2)n1.[Na+].[Na+]. The maximum atomic E-state index is 12.5. The predicted octanol–water partition coefficient (Wildman–Crippen LogP) is -3.47. The number of ether oxygens (including phenoxy) is 2. The van der Waals surface area contributed by atoms with Crippen LogP contribution in [0.15, 0.2) is 76.5 Å². The van der Waals surface area contributed by atoms with Crippen LogP contribution in [0.4, 0.5) is 52.8 Å². The second kappa shape index (κ2) is 19.8. The molecule has 0 bridgehead atoms. The van der Waals surface area contributed by atoms with E-state index in [1.165, 1.54) is 36.4 Å². The van der Waals surface area contributed by atoms with Crippen molar-refractivity contribution in [2.24, 2.45) is 0 Å². The molecule has 0 unspecified atom stereocenters. The molecule has 3 aromatic carbocycles. The van der Waals surface area contributed by atoms with Gasteiger partial charge in [0.25, 0.3) is 0 Å². The number of anilines is 9. The third-order valence-corrected chi connectivity index (χ3v) is 10.2. The molecule has 24 heteroatoms. The van der Waals surface area contributed by atoms with Gasteiger partial charge in [-0.3, -0.25) is 0 Å². The van der Waals surface area contributed by atoms with Crippen molar-refractivity contribution in [3.8, 4) is 0 Å². The Balaban J connectivity index is 0.00000320. The van der Waals surface area contributed by atoms with E-state index in [1.807, 2.05) is 40.1 Å². The van der Waals surface area contributed by atoms with Gasteiger partial charge in [0.05, 0.1) is 36.2 Å². The van der Waals surface area contributed by atoms with E-state index in [9.17, 15) is 25.9 Å². The molecule has 7 rings (SSSR count). The van der Waals surface area contributed by atoms with Crippen LogP contribution >= 0.6 is 0 Å². The van der Waals surface area contributed by atoms with Gasteiger partial charge in [0, 0.05) is 43.2 Å². The van der Waals surface area contributed by atoms with E-state index < -0.39 is 30.0 Å². The standard InChI is InChI=1S/C34H36N12O8S2.2Na/c35-29-39-30(42-33(40-29)45-12-16-53-17-13-45)37-25-10-8-22(27(20-25)55(47,48)49)6-7-23-9-11-26(21-28(23)56(50,51)52)38-32-41-31(36-24-4-2-1-3-5-24)43-34(44-32)46-14-18-54-19-15-46;;/h1-11,20-21H,12-19H2,(H,47,48,49)(H,50,51,52)(H3,35,37,39,40,42)(H2,36,38,41,43,44);;/q;2*+1/p-2/b7-6+;;. The summed E-state index contributed by atoms with van der Waals surface area (Å²) in [7, 11) is -10.1. The maximum absolute atomic E-state index is 12.5. The molecule has 2 saturated heterocycles. The normalized spacial score (nSPS) is 14.7. The van der Waals surface area contributed by atoms with Gasteiger partial charge < -0.3 is 50.1 Å². The quantitative estimate of drug-likeness (QED) is 0.0539. The fourth-order valence-electron chi connectivity index (χ4n) is 5.74. The van der Waals surface area contributed by atoms with Gasteiger partial charge in [0.1, 0.15) is 20.2 Å². The summed E-state index contributed by atoms with van der Waals surface area (Å²) in [4.78, 5) is 28.6. The van der Waals surface area contributed by atoms with Crippen molar-refractivity contribution in [3.05, 3.63) is 77.9 Å². The Hall–Kier alpha value is -4.04. The minimum Gasteiger partial charge on any atom is -0.744 e. The van der Waals surface area contributed by atoms with Crippen molar-refractivity contribution in [2.45, 2.75) is 9.79 Å². The summed E-state index contributed by atoms with van der Waals surface area (Å²) < 4.78 is 85.5. The van der Waals surface area contributed by atoms with E-state index in [-0.39, 0.29) is 105 Å². The third kappa shape index (κ3) is 11.8. The maximum Gasteiger partial charge on any atom is 1.00 e. The molecule has 0 spiro atoms. The number of morpholine rings is 2. The average Bonchev–Trinajstić information content (AvgIpc) is 3.18. The molecule has 0 atom stereocenters. The molecule has 0 amide bonds. The molecular weight excluding hydrogens is 815 g/mol. The van der Waals surface area contributed by atoms with Crippen molar-refractivity contribution >= 4 is 85.1 Å². The molecule has 4 heterocycles. The average molecular weight is 849 g/mol. The van der Waals surface area contributed by atoms with Gasteiger partial charge in [-0.05, 0) is 47.5 Å². The Kier molecular flexibility index (Phi) is 15.4. The van der Waals surface area contributed by atoms with E-state index in [4.69, 9.17) is 15.2 Å². The second-order valence-corrected chi connectivity index (χ2v) is 15.0. The fourth-order valence-corrected chi connectivity index (χ4v) is 7.14. The van der Waals surface area contributed by atoms with Gasteiger partial charge in [0.15, 0.2) is 0 Å². The van der Waals surface area contributed by atoms with Crippen molar-refractivity contribution in [3.63, 3.8) is 0 Å². The Morgan fingerprint density at radius 3 is 1.43 bits per heavy atom. The molecule has 58 heavy (non-hydrogen) atoms. The summed E-state index contributed by atoms with van der Waals surface area (Å²) in [5, 5.41) is 8.94. The Labute approximate surface area is 378 Å². The third-order valence-electron chi connectivity index (χ3n) is 8.40. The Bertz CT molecular complexity index is 2480. The Morgan fingerprint density at radius 2 is 0.983 bits per heavy atom.